The van der Waals surface area contributed by atoms with Gasteiger partial charge in [-0.1, -0.05) is 20.8 Å². The number of piperidine rings is 1. The van der Waals surface area contributed by atoms with E-state index in [2.05, 4.69) is 36.7 Å². The third-order valence-electron chi connectivity index (χ3n) is 4.42. The summed E-state index contributed by atoms with van der Waals surface area (Å²) in [5.41, 5.74) is -0.0432. The lowest BCUT2D eigenvalue weighted by atomic mass is 9.74. The molecule has 1 aromatic carbocycles. The second kappa shape index (κ2) is 6.70. The predicted molar refractivity (Wildman–Crippen MR) is 93.0 cm³/mol. The minimum absolute atomic E-state index is 0.0432. The average Bonchev–Trinajstić information content (AvgIpc) is 2.45. The average molecular weight is 406 g/mol. The van der Waals surface area contributed by atoms with E-state index in [1.54, 1.807) is 6.07 Å². The summed E-state index contributed by atoms with van der Waals surface area (Å²) in [6.07, 6.45) is 0.00141. The molecule has 0 aliphatic carbocycles. The highest BCUT2D eigenvalue weighted by Crippen LogP contribution is 2.36. The van der Waals surface area contributed by atoms with Gasteiger partial charge in [0.05, 0.1) is 22.6 Å². The number of rotatable bonds is 3. The van der Waals surface area contributed by atoms with Gasteiger partial charge in [-0.05, 0) is 51.9 Å². The van der Waals surface area contributed by atoms with Crippen molar-refractivity contribution in [1.82, 2.24) is 4.31 Å². The van der Waals surface area contributed by atoms with Gasteiger partial charge in [0.25, 0.3) is 0 Å². The summed E-state index contributed by atoms with van der Waals surface area (Å²) in [7, 11) is -2.09. The molecule has 1 saturated heterocycles. The molecular weight excluding hydrogens is 382 g/mol. The first-order valence-electron chi connectivity index (χ1n) is 7.59. The molecule has 5 nitrogen and oxygen atoms in total. The fraction of sp³-hybridized carbons (Fsp3) is 0.625. The summed E-state index contributed by atoms with van der Waals surface area (Å²) >= 11 is 3.31. The molecule has 1 heterocycles. The van der Waals surface area contributed by atoms with Crippen LogP contribution in [0, 0.1) is 11.3 Å². The zero-order chi connectivity index (χ0) is 17.4. The number of benzene rings is 1. The van der Waals surface area contributed by atoms with Gasteiger partial charge in [-0.2, -0.15) is 4.31 Å². The number of hydrogen-bond donors (Lipinski definition) is 1. The molecule has 1 aliphatic heterocycles. The zero-order valence-electron chi connectivity index (χ0n) is 13.9. The monoisotopic (exact) mass is 405 g/mol. The van der Waals surface area contributed by atoms with Crippen LogP contribution in [0.4, 0.5) is 0 Å². The van der Waals surface area contributed by atoms with Gasteiger partial charge >= 0.3 is 0 Å². The topological polar surface area (TPSA) is 66.8 Å². The van der Waals surface area contributed by atoms with E-state index in [-0.39, 0.29) is 22.8 Å². The van der Waals surface area contributed by atoms with E-state index in [9.17, 15) is 13.5 Å². The Hall–Kier alpha value is -0.630. The Morgan fingerprint density at radius 1 is 1.35 bits per heavy atom. The highest BCUT2D eigenvalue weighted by molar-refractivity contribution is 9.10. The molecule has 0 spiro atoms. The molecule has 23 heavy (non-hydrogen) atoms. The highest BCUT2D eigenvalue weighted by Gasteiger charge is 2.39. The summed E-state index contributed by atoms with van der Waals surface area (Å²) < 4.78 is 32.7. The number of aliphatic hydroxyl groups excluding tert-OH is 1. The maximum Gasteiger partial charge on any atom is 0.243 e. The van der Waals surface area contributed by atoms with Crippen molar-refractivity contribution in [2.75, 3.05) is 20.2 Å². The first-order valence-corrected chi connectivity index (χ1v) is 9.82. The van der Waals surface area contributed by atoms with Gasteiger partial charge in [0, 0.05) is 13.1 Å². The maximum absolute atomic E-state index is 12.8. The summed E-state index contributed by atoms with van der Waals surface area (Å²) in [6.45, 7) is 6.78. The van der Waals surface area contributed by atoms with Gasteiger partial charge in [0.2, 0.25) is 10.0 Å². The fourth-order valence-electron chi connectivity index (χ4n) is 3.09. The largest absolute Gasteiger partial charge is 0.496 e. The van der Waals surface area contributed by atoms with Crippen molar-refractivity contribution in [3.8, 4) is 5.75 Å². The maximum atomic E-state index is 12.8. The lowest BCUT2D eigenvalue weighted by molar-refractivity contribution is -0.00209. The zero-order valence-corrected chi connectivity index (χ0v) is 16.3. The predicted octanol–water partition coefficient (Wildman–Crippen LogP) is 2.88. The van der Waals surface area contributed by atoms with Gasteiger partial charge in [-0.3, -0.25) is 0 Å². The minimum Gasteiger partial charge on any atom is -0.496 e. The summed E-state index contributed by atoms with van der Waals surface area (Å²) in [6, 6.07) is 4.69. The van der Waals surface area contributed by atoms with E-state index in [0.717, 1.165) is 0 Å². The number of halogens is 1. The molecule has 2 atom stereocenters. The van der Waals surface area contributed by atoms with Gasteiger partial charge in [-0.25, -0.2) is 8.42 Å². The van der Waals surface area contributed by atoms with E-state index in [1.165, 1.54) is 23.5 Å². The quantitative estimate of drug-likeness (QED) is 0.839. The smallest absolute Gasteiger partial charge is 0.243 e. The van der Waals surface area contributed by atoms with E-state index < -0.39 is 16.1 Å². The number of methoxy groups -OCH3 is 1. The van der Waals surface area contributed by atoms with E-state index in [0.29, 0.717) is 23.2 Å². The first-order chi connectivity index (χ1) is 10.6. The fourth-order valence-corrected chi connectivity index (χ4v) is 5.28. The standard InChI is InChI=1S/C16H24BrNO4S/c1-16(2,3)12-7-8-18(10-14(12)19)23(20,21)11-5-6-15(22-4)13(17)9-11/h5-6,9,12,14,19H,7-8,10H2,1-4H3/t12-,14+/m0/s1. The minimum atomic E-state index is -3.62. The molecule has 1 fully saturated rings. The first kappa shape index (κ1) is 18.7. The summed E-state index contributed by atoms with van der Waals surface area (Å²) in [5.74, 6) is 0.673. The van der Waals surface area contributed by atoms with Crippen LogP contribution in [0.25, 0.3) is 0 Å². The molecule has 0 amide bonds. The van der Waals surface area contributed by atoms with Gasteiger partial charge in [0.15, 0.2) is 0 Å². The van der Waals surface area contributed by atoms with Crippen LogP contribution in [0.5, 0.6) is 5.75 Å². The van der Waals surface area contributed by atoms with Crippen molar-refractivity contribution >= 4 is 26.0 Å². The normalized spacial score (nSPS) is 23.7. The van der Waals surface area contributed by atoms with Crippen LogP contribution in [0.1, 0.15) is 27.2 Å². The summed E-state index contributed by atoms with van der Waals surface area (Å²) in [5, 5.41) is 10.4. The Kier molecular flexibility index (Phi) is 5.45. The molecule has 0 radical (unpaired) electrons. The molecule has 2 rings (SSSR count). The van der Waals surface area contributed by atoms with Gasteiger partial charge < -0.3 is 9.84 Å². The lowest BCUT2D eigenvalue weighted by Gasteiger charge is -2.41. The van der Waals surface area contributed by atoms with E-state index in [4.69, 9.17) is 4.74 Å². The number of ether oxygens (including phenoxy) is 1. The lowest BCUT2D eigenvalue weighted by Crippen LogP contribution is -2.49. The number of β-amino-alcohol motifs (C(OH)–C–C–N with tert-alkyl or cyclic N) is 1. The molecule has 0 saturated carbocycles. The number of hydrogen-bond acceptors (Lipinski definition) is 4. The Labute approximate surface area is 146 Å². The highest BCUT2D eigenvalue weighted by atomic mass is 79.9. The molecule has 0 aromatic heterocycles. The van der Waals surface area contributed by atoms with Crippen molar-refractivity contribution in [3.05, 3.63) is 22.7 Å². The third-order valence-corrected chi connectivity index (χ3v) is 6.90. The van der Waals surface area contributed by atoms with Crippen molar-refractivity contribution in [3.63, 3.8) is 0 Å². The van der Waals surface area contributed by atoms with Gasteiger partial charge in [-0.15, -0.1) is 0 Å². The van der Waals surface area contributed by atoms with Crippen LogP contribution in [-0.4, -0.2) is 44.1 Å². The van der Waals surface area contributed by atoms with Crippen LogP contribution >= 0.6 is 15.9 Å². The van der Waals surface area contributed by atoms with Gasteiger partial charge in [0.1, 0.15) is 5.75 Å². The van der Waals surface area contributed by atoms with Crippen LogP contribution in [0.2, 0.25) is 0 Å². The van der Waals surface area contributed by atoms with Crippen molar-refractivity contribution in [1.29, 1.82) is 0 Å². The molecule has 1 aliphatic rings. The SMILES string of the molecule is COc1ccc(S(=O)(=O)N2CC[C@H](C(C)(C)C)[C@H](O)C2)cc1Br. The molecule has 0 unspecified atom stereocenters. The number of nitrogens with zero attached hydrogens (tertiary/aromatic N) is 1. The summed E-state index contributed by atoms with van der Waals surface area (Å²) in [4.78, 5) is 0.201. The molecule has 7 heteroatoms. The Balaban J connectivity index is 2.23. The Morgan fingerprint density at radius 2 is 2.00 bits per heavy atom. The van der Waals surface area contributed by atoms with E-state index >= 15 is 0 Å². The van der Waals surface area contributed by atoms with E-state index in [1.807, 2.05) is 0 Å². The van der Waals surface area contributed by atoms with Crippen molar-refractivity contribution in [2.45, 2.75) is 38.2 Å². The molecule has 0 bridgehead atoms. The van der Waals surface area contributed by atoms with Crippen LogP contribution in [0.15, 0.2) is 27.6 Å². The van der Waals surface area contributed by atoms with Crippen molar-refractivity contribution in [2.24, 2.45) is 11.3 Å². The second-order valence-electron chi connectivity index (χ2n) is 6.99. The third kappa shape index (κ3) is 3.90. The Morgan fingerprint density at radius 3 is 2.48 bits per heavy atom. The molecular formula is C16H24BrNO4S. The second-order valence-corrected chi connectivity index (χ2v) is 9.78. The van der Waals surface area contributed by atoms with Crippen LogP contribution in [0.3, 0.4) is 0 Å². The number of sulfonamides is 1. The van der Waals surface area contributed by atoms with Crippen molar-refractivity contribution < 1.29 is 18.3 Å². The van der Waals surface area contributed by atoms with Crippen LogP contribution < -0.4 is 4.74 Å². The Bertz CT molecular complexity index is 669. The number of aliphatic hydroxyl groups is 1. The molecule has 1 N–H and O–H groups in total. The molecule has 1 aromatic rings. The molecule has 130 valence electrons. The van der Waals surface area contributed by atoms with Crippen LogP contribution in [-0.2, 0) is 10.0 Å².